The second-order valence-electron chi connectivity index (χ2n) is 7.32. The van der Waals surface area contributed by atoms with Gasteiger partial charge in [0.25, 0.3) is 0 Å². The van der Waals surface area contributed by atoms with Gasteiger partial charge in [0.05, 0.1) is 0 Å². The van der Waals surface area contributed by atoms with E-state index in [4.69, 9.17) is 14.9 Å². The normalized spacial score (nSPS) is 11.9. The maximum Gasteiger partial charge on any atom is 0.511 e. The summed E-state index contributed by atoms with van der Waals surface area (Å²) < 4.78 is 4.64. The Morgan fingerprint density at radius 3 is 1.64 bits per heavy atom. The van der Waals surface area contributed by atoms with E-state index in [0.29, 0.717) is 11.5 Å². The van der Waals surface area contributed by atoms with Crippen molar-refractivity contribution in [2.24, 2.45) is 0 Å². The molecule has 0 aliphatic carbocycles. The van der Waals surface area contributed by atoms with Crippen molar-refractivity contribution in [3.05, 3.63) is 59.7 Å². The smallest absolute Gasteiger partial charge is 0.449 e. The highest BCUT2D eigenvalue weighted by molar-refractivity contribution is 5.61. The van der Waals surface area contributed by atoms with Crippen LogP contribution in [0.25, 0.3) is 0 Å². The highest BCUT2D eigenvalue weighted by atomic mass is 17.2. The largest absolute Gasteiger partial charge is 0.511 e. The highest BCUT2D eigenvalue weighted by Crippen LogP contribution is 2.33. The zero-order chi connectivity index (χ0) is 18.7. The second-order valence-corrected chi connectivity index (χ2v) is 7.32. The van der Waals surface area contributed by atoms with Crippen LogP contribution in [0.3, 0.4) is 0 Å². The van der Waals surface area contributed by atoms with Crippen molar-refractivity contribution in [3.63, 3.8) is 0 Å². The van der Waals surface area contributed by atoms with Crippen molar-refractivity contribution in [3.8, 4) is 11.5 Å². The van der Waals surface area contributed by atoms with Gasteiger partial charge in [-0.25, -0.2) is 4.79 Å². The van der Waals surface area contributed by atoms with E-state index < -0.39 is 6.16 Å². The van der Waals surface area contributed by atoms with Crippen molar-refractivity contribution in [2.75, 3.05) is 0 Å². The van der Waals surface area contributed by atoms with Gasteiger partial charge in [0, 0.05) is 5.41 Å². The molecule has 0 bridgehead atoms. The SMILES string of the molecule is CC(C)(C)OOc1ccc(C(C)(C)c2ccc(OC(=O)O)cc2)cc1. The van der Waals surface area contributed by atoms with Crippen LogP contribution in [-0.2, 0) is 10.3 Å². The minimum Gasteiger partial charge on any atom is -0.449 e. The molecule has 0 aliphatic rings. The molecule has 0 saturated carbocycles. The number of benzene rings is 2. The van der Waals surface area contributed by atoms with Crippen LogP contribution in [0.2, 0.25) is 0 Å². The van der Waals surface area contributed by atoms with Gasteiger partial charge in [-0.3, -0.25) is 0 Å². The molecular weight excluding hydrogens is 320 g/mol. The topological polar surface area (TPSA) is 65.0 Å². The highest BCUT2D eigenvalue weighted by Gasteiger charge is 2.23. The van der Waals surface area contributed by atoms with E-state index in [1.165, 1.54) is 0 Å². The molecule has 0 aromatic heterocycles. The van der Waals surface area contributed by atoms with Crippen LogP contribution in [0, 0.1) is 0 Å². The van der Waals surface area contributed by atoms with E-state index in [0.717, 1.165) is 11.1 Å². The summed E-state index contributed by atoms with van der Waals surface area (Å²) in [6.45, 7) is 9.95. The summed E-state index contributed by atoms with van der Waals surface area (Å²) in [5.41, 5.74) is 1.51. The van der Waals surface area contributed by atoms with Gasteiger partial charge in [-0.2, -0.15) is 4.89 Å². The molecule has 5 nitrogen and oxygen atoms in total. The van der Waals surface area contributed by atoms with Crippen molar-refractivity contribution < 1.29 is 24.4 Å². The molecule has 0 aliphatic heterocycles. The molecule has 134 valence electrons. The Labute approximate surface area is 148 Å². The van der Waals surface area contributed by atoms with Crippen LogP contribution in [0.4, 0.5) is 4.79 Å². The average molecular weight is 344 g/mol. The summed E-state index contributed by atoms with van der Waals surface area (Å²) in [5.74, 6) is 0.940. The average Bonchev–Trinajstić information content (AvgIpc) is 2.52. The van der Waals surface area contributed by atoms with Crippen LogP contribution in [0.15, 0.2) is 48.5 Å². The number of hydrogen-bond donors (Lipinski definition) is 1. The molecule has 1 N–H and O–H groups in total. The van der Waals surface area contributed by atoms with Crippen LogP contribution in [-0.4, -0.2) is 16.9 Å². The minimum atomic E-state index is -1.32. The Balaban J connectivity index is 2.14. The molecule has 25 heavy (non-hydrogen) atoms. The van der Waals surface area contributed by atoms with Gasteiger partial charge in [0.1, 0.15) is 11.4 Å². The Kier molecular flexibility index (Phi) is 5.38. The van der Waals surface area contributed by atoms with E-state index in [-0.39, 0.29) is 11.0 Å². The third-order valence-electron chi connectivity index (χ3n) is 3.75. The summed E-state index contributed by atoms with van der Waals surface area (Å²) in [5, 5.41) is 8.65. The molecule has 0 fully saturated rings. The van der Waals surface area contributed by atoms with Gasteiger partial charge in [-0.1, -0.05) is 38.1 Å². The van der Waals surface area contributed by atoms with Crippen molar-refractivity contribution in [2.45, 2.75) is 45.6 Å². The third kappa shape index (κ3) is 5.22. The Morgan fingerprint density at radius 2 is 1.24 bits per heavy atom. The zero-order valence-corrected chi connectivity index (χ0v) is 15.2. The molecule has 0 amide bonds. The van der Waals surface area contributed by atoms with Crippen molar-refractivity contribution in [1.29, 1.82) is 0 Å². The van der Waals surface area contributed by atoms with Gasteiger partial charge < -0.3 is 14.7 Å². The second kappa shape index (κ2) is 7.15. The first-order valence-corrected chi connectivity index (χ1v) is 8.05. The number of hydrogen-bond acceptors (Lipinski definition) is 4. The number of ether oxygens (including phenoxy) is 1. The molecule has 0 spiro atoms. The predicted octanol–water partition coefficient (Wildman–Crippen LogP) is 5.18. The molecule has 0 saturated heterocycles. The number of rotatable bonds is 5. The fourth-order valence-electron chi connectivity index (χ4n) is 2.31. The fourth-order valence-corrected chi connectivity index (χ4v) is 2.31. The lowest BCUT2D eigenvalue weighted by molar-refractivity contribution is -0.274. The standard InChI is InChI=1S/C20H24O5/c1-19(2,3)25-24-17-12-8-15(9-13-17)20(4,5)14-6-10-16(11-7-14)23-18(21)22/h6-13H,1-5H3,(H,21,22). The van der Waals surface area contributed by atoms with E-state index >= 15 is 0 Å². The molecule has 0 unspecified atom stereocenters. The lowest BCUT2D eigenvalue weighted by Crippen LogP contribution is -2.21. The lowest BCUT2D eigenvalue weighted by atomic mass is 9.78. The van der Waals surface area contributed by atoms with Crippen LogP contribution in [0.1, 0.15) is 45.7 Å². The van der Waals surface area contributed by atoms with Gasteiger partial charge in [0.2, 0.25) is 0 Å². The van der Waals surface area contributed by atoms with Crippen molar-refractivity contribution in [1.82, 2.24) is 0 Å². The Hall–Kier alpha value is -2.53. The van der Waals surface area contributed by atoms with Crippen LogP contribution >= 0.6 is 0 Å². The Morgan fingerprint density at radius 1 is 0.800 bits per heavy atom. The van der Waals surface area contributed by atoms with Gasteiger partial charge in [-0.05, 0) is 56.2 Å². The molecule has 0 heterocycles. The summed E-state index contributed by atoms with van der Waals surface area (Å²) >= 11 is 0. The first-order chi connectivity index (χ1) is 11.6. The third-order valence-corrected chi connectivity index (χ3v) is 3.75. The molecule has 2 aromatic carbocycles. The summed E-state index contributed by atoms with van der Waals surface area (Å²) in [6.07, 6.45) is -1.32. The molecule has 0 atom stereocenters. The fraction of sp³-hybridized carbons (Fsp3) is 0.350. The van der Waals surface area contributed by atoms with Gasteiger partial charge in [0.15, 0.2) is 5.75 Å². The zero-order valence-electron chi connectivity index (χ0n) is 15.2. The maximum atomic E-state index is 10.6. The Bertz CT molecular complexity index is 709. The summed E-state index contributed by atoms with van der Waals surface area (Å²) in [7, 11) is 0. The number of carboxylic acid groups (broad SMARTS) is 1. The summed E-state index contributed by atoms with van der Waals surface area (Å²) in [6, 6.07) is 14.7. The van der Waals surface area contributed by atoms with Crippen LogP contribution < -0.4 is 9.62 Å². The van der Waals surface area contributed by atoms with Crippen molar-refractivity contribution >= 4 is 6.16 Å². The van der Waals surface area contributed by atoms with E-state index in [2.05, 4.69) is 18.6 Å². The van der Waals surface area contributed by atoms with E-state index in [1.807, 2.05) is 57.2 Å². The minimum absolute atomic E-state index is 0.259. The lowest BCUT2D eigenvalue weighted by Gasteiger charge is -2.26. The van der Waals surface area contributed by atoms with E-state index in [9.17, 15) is 4.79 Å². The number of carbonyl (C=O) groups is 1. The molecule has 0 radical (unpaired) electrons. The quantitative estimate of drug-likeness (QED) is 0.350. The monoisotopic (exact) mass is 344 g/mol. The van der Waals surface area contributed by atoms with Crippen LogP contribution in [0.5, 0.6) is 11.5 Å². The van der Waals surface area contributed by atoms with E-state index in [1.54, 1.807) is 12.1 Å². The predicted molar refractivity (Wildman–Crippen MR) is 95.1 cm³/mol. The summed E-state index contributed by atoms with van der Waals surface area (Å²) in [4.78, 5) is 21.2. The molecule has 5 heteroatoms. The van der Waals surface area contributed by atoms with Gasteiger partial charge >= 0.3 is 6.16 Å². The first kappa shape index (κ1) is 18.8. The molecular formula is C20H24O5. The molecule has 2 rings (SSSR count). The first-order valence-electron chi connectivity index (χ1n) is 8.05. The van der Waals surface area contributed by atoms with Gasteiger partial charge in [-0.15, -0.1) is 0 Å². The molecule has 2 aromatic rings. The maximum absolute atomic E-state index is 10.6.